The van der Waals surface area contributed by atoms with Gasteiger partial charge in [-0.2, -0.15) is 0 Å². The smallest absolute Gasteiger partial charge is 1.00 e. The molecule has 3 aromatic heterocycles. The summed E-state index contributed by atoms with van der Waals surface area (Å²) in [6, 6.07) is 15.4. The van der Waals surface area contributed by atoms with Crippen molar-refractivity contribution in [2.75, 3.05) is 26.2 Å². The number of aryl methyl sites for hydroxylation is 4. The molecule has 0 bridgehead atoms. The van der Waals surface area contributed by atoms with Crippen molar-refractivity contribution < 1.29 is 41.6 Å². The molecule has 0 unspecified atom stereocenters. The van der Waals surface area contributed by atoms with Gasteiger partial charge < -0.3 is 33.9 Å². The van der Waals surface area contributed by atoms with Gasteiger partial charge in [0.05, 0.1) is 35.4 Å². The molecule has 2 fully saturated rings. The average molecular weight is 692 g/mol. The molecule has 10 heteroatoms. The molecule has 2 aliphatic rings. The molecular formula is C35H43Cl2CoN7. The van der Waals surface area contributed by atoms with E-state index < -0.39 is 0 Å². The third-order valence-corrected chi connectivity index (χ3v) is 9.51. The van der Waals surface area contributed by atoms with Crippen LogP contribution in [0.25, 0.3) is 45.1 Å². The van der Waals surface area contributed by atoms with Gasteiger partial charge in [-0.3, -0.25) is 9.80 Å². The van der Waals surface area contributed by atoms with Gasteiger partial charge in [0, 0.05) is 0 Å². The first-order valence-corrected chi connectivity index (χ1v) is 15.8. The molecule has 241 valence electrons. The summed E-state index contributed by atoms with van der Waals surface area (Å²) in [6.07, 6.45) is 7.71. The predicted molar refractivity (Wildman–Crippen MR) is 171 cm³/mol. The van der Waals surface area contributed by atoms with Crippen LogP contribution in [-0.4, -0.2) is 60.1 Å². The Morgan fingerprint density at radius 3 is 1.31 bits per heavy atom. The van der Waals surface area contributed by atoms with Gasteiger partial charge in [0.1, 0.15) is 11.4 Å². The van der Waals surface area contributed by atoms with Crippen molar-refractivity contribution >= 4 is 22.1 Å². The van der Waals surface area contributed by atoms with Crippen LogP contribution in [-0.2, 0) is 30.1 Å². The fourth-order valence-electron chi connectivity index (χ4n) is 6.72. The zero-order valence-corrected chi connectivity index (χ0v) is 29.3. The summed E-state index contributed by atoms with van der Waals surface area (Å²) in [4.78, 5) is 20.8. The van der Waals surface area contributed by atoms with Gasteiger partial charge in [-0.15, -0.1) is 0 Å². The Hall–Kier alpha value is -2.46. The van der Waals surface area contributed by atoms with Gasteiger partial charge in [-0.1, -0.05) is 18.9 Å². The maximum absolute atomic E-state index is 5.30. The van der Waals surface area contributed by atoms with E-state index in [0.717, 1.165) is 73.6 Å². The number of likely N-dealkylation sites (tertiary alicyclic amines) is 2. The number of hydrogen-bond donors (Lipinski definition) is 0. The van der Waals surface area contributed by atoms with Gasteiger partial charge in [-0.05, 0) is 138 Å². The molecule has 0 amide bonds. The van der Waals surface area contributed by atoms with Gasteiger partial charge in [-0.25, -0.2) is 15.0 Å². The average Bonchev–Trinajstić information content (AvgIpc) is 3.52. The van der Waals surface area contributed by atoms with Gasteiger partial charge in [0.25, 0.3) is 0 Å². The van der Waals surface area contributed by atoms with Crippen molar-refractivity contribution in [1.82, 2.24) is 33.9 Å². The molecule has 0 N–H and O–H groups in total. The third-order valence-electron chi connectivity index (χ3n) is 9.51. The van der Waals surface area contributed by atoms with E-state index in [1.54, 1.807) is 0 Å². The van der Waals surface area contributed by atoms with Crippen LogP contribution >= 0.6 is 0 Å². The van der Waals surface area contributed by atoms with E-state index in [1.807, 2.05) is 0 Å². The predicted octanol–water partition coefficient (Wildman–Crippen LogP) is 1.24. The number of aromatic nitrogens is 5. The maximum atomic E-state index is 5.30. The zero-order chi connectivity index (χ0) is 28.8. The van der Waals surface area contributed by atoms with Gasteiger partial charge in [0.2, 0.25) is 0 Å². The quantitative estimate of drug-likeness (QED) is 0.269. The number of piperidine rings is 2. The molecule has 45 heavy (non-hydrogen) atoms. The minimum Gasteiger partial charge on any atom is -1.00 e. The second-order valence-electron chi connectivity index (χ2n) is 12.6. The summed E-state index contributed by atoms with van der Waals surface area (Å²) in [7, 11) is 0. The molecule has 5 aromatic rings. The van der Waals surface area contributed by atoms with Crippen LogP contribution in [0.5, 0.6) is 0 Å². The van der Waals surface area contributed by atoms with E-state index in [9.17, 15) is 0 Å². The fraction of sp³-hybridized carbons (Fsp3) is 0.457. The fourth-order valence-corrected chi connectivity index (χ4v) is 6.72. The molecule has 5 heterocycles. The molecule has 0 atom stereocenters. The number of nitrogens with zero attached hydrogens (tertiary/aromatic N) is 7. The first kappa shape index (κ1) is 35.4. The van der Waals surface area contributed by atoms with Crippen LogP contribution in [0.2, 0.25) is 0 Å². The van der Waals surface area contributed by atoms with Crippen molar-refractivity contribution in [1.29, 1.82) is 0 Å². The molecule has 2 saturated heterocycles. The number of hydrogen-bond acceptors (Lipinski definition) is 5. The van der Waals surface area contributed by atoms with E-state index in [0.29, 0.717) is 0 Å². The van der Waals surface area contributed by atoms with Crippen LogP contribution in [0.1, 0.15) is 60.8 Å². The topological polar surface area (TPSA) is 55.0 Å². The van der Waals surface area contributed by atoms with Crippen molar-refractivity contribution in [3.8, 4) is 23.0 Å². The minimum absolute atomic E-state index is 0. The van der Waals surface area contributed by atoms with Crippen LogP contribution in [0.4, 0.5) is 0 Å². The van der Waals surface area contributed by atoms with E-state index in [1.165, 1.54) is 71.8 Å². The van der Waals surface area contributed by atoms with E-state index >= 15 is 0 Å². The normalized spacial score (nSPS) is 15.9. The number of halogens is 2. The SMILES string of the molecule is Cc1cc2nc(-c3cccc(-c4nc5cc(C)c(C)cc5n4CN4CCCCC4)n3)n(CN3CCCCC3)c2cc1C.[Cl-].[Cl-].[Co+2]. The Kier molecular flexibility index (Phi) is 11.8. The standard InChI is InChI=1S/C35H43N7.2ClH.Co/c1-24-18-30-32(20-26(24)3)41(22-39-14-7-5-8-15-39)34(37-30)28-12-11-13-29(36-28)35-38-31-19-25(2)27(4)21-33(31)42(35)23-40-16-9-6-10-17-40;;;/h11-13,18-21H,5-10,14-17,22-23H2,1-4H3;2*1H;/q;;;+2/p-2. The summed E-state index contributed by atoms with van der Waals surface area (Å²) in [5.74, 6) is 1.88. The van der Waals surface area contributed by atoms with Gasteiger partial charge >= 0.3 is 16.8 Å². The number of fused-ring (bicyclic) bond motifs is 2. The molecule has 2 aromatic carbocycles. The molecule has 0 saturated carbocycles. The number of imidazole rings is 2. The van der Waals surface area contributed by atoms with Gasteiger partial charge in [0.15, 0.2) is 11.6 Å². The Balaban J connectivity index is 0.00000154. The minimum atomic E-state index is 0. The summed E-state index contributed by atoms with van der Waals surface area (Å²) >= 11 is 0. The molecule has 2 aliphatic heterocycles. The molecule has 7 rings (SSSR count). The van der Waals surface area contributed by atoms with E-state index in [-0.39, 0.29) is 41.6 Å². The maximum Gasteiger partial charge on any atom is 2.00 e. The third kappa shape index (κ3) is 7.11. The number of rotatable bonds is 6. The van der Waals surface area contributed by atoms with Crippen LogP contribution in [0.15, 0.2) is 42.5 Å². The Morgan fingerprint density at radius 2 is 0.911 bits per heavy atom. The van der Waals surface area contributed by atoms with Crippen LogP contribution < -0.4 is 24.8 Å². The Labute approximate surface area is 289 Å². The summed E-state index contributed by atoms with van der Waals surface area (Å²) in [6.45, 7) is 15.0. The van der Waals surface area contributed by atoms with E-state index in [4.69, 9.17) is 15.0 Å². The van der Waals surface area contributed by atoms with Crippen molar-refractivity contribution in [3.63, 3.8) is 0 Å². The molecule has 7 nitrogen and oxygen atoms in total. The molecular weight excluding hydrogens is 648 g/mol. The summed E-state index contributed by atoms with van der Waals surface area (Å²) < 4.78 is 4.78. The van der Waals surface area contributed by atoms with Crippen molar-refractivity contribution in [2.45, 2.75) is 79.6 Å². The zero-order valence-electron chi connectivity index (χ0n) is 26.7. The molecule has 1 radical (unpaired) electrons. The largest absolute Gasteiger partial charge is 2.00 e. The van der Waals surface area contributed by atoms with Crippen molar-refractivity contribution in [2.24, 2.45) is 0 Å². The first-order valence-electron chi connectivity index (χ1n) is 15.8. The first-order chi connectivity index (χ1) is 20.4. The second-order valence-corrected chi connectivity index (χ2v) is 12.6. The van der Waals surface area contributed by atoms with E-state index in [2.05, 4.69) is 89.1 Å². The Bertz CT molecular complexity index is 1640. The molecule has 0 aliphatic carbocycles. The number of pyridine rings is 1. The Morgan fingerprint density at radius 1 is 0.533 bits per heavy atom. The van der Waals surface area contributed by atoms with Crippen molar-refractivity contribution in [3.05, 3.63) is 64.7 Å². The van der Waals surface area contributed by atoms with Crippen LogP contribution in [0.3, 0.4) is 0 Å². The summed E-state index contributed by atoms with van der Waals surface area (Å²) in [5.41, 5.74) is 11.4. The monoisotopic (exact) mass is 690 g/mol. The van der Waals surface area contributed by atoms with Crippen LogP contribution in [0, 0.1) is 27.7 Å². The summed E-state index contributed by atoms with van der Waals surface area (Å²) in [5, 5.41) is 0. The molecule has 0 spiro atoms. The number of benzene rings is 2. The second kappa shape index (κ2) is 15.0.